The zero-order valence-corrected chi connectivity index (χ0v) is 12.9. The molecule has 3 heteroatoms. The van der Waals surface area contributed by atoms with Crippen LogP contribution in [0.5, 0.6) is 11.5 Å². The average Bonchev–Trinajstić information content (AvgIpc) is 2.43. The van der Waals surface area contributed by atoms with E-state index in [1.165, 1.54) is 5.56 Å². The third-order valence-corrected chi connectivity index (χ3v) is 3.45. The Hall–Kier alpha value is -1.51. The zero-order valence-electron chi connectivity index (χ0n) is 12.2. The molecule has 2 rings (SSSR count). The monoisotopic (exact) mass is 289 g/mol. The van der Waals surface area contributed by atoms with Crippen LogP contribution in [0.25, 0.3) is 0 Å². The molecular formula is C17H20ClNO. The van der Waals surface area contributed by atoms with Crippen LogP contribution >= 0.6 is 11.6 Å². The highest BCUT2D eigenvalue weighted by Gasteiger charge is 2.07. The Bertz CT molecular complexity index is 596. The molecule has 0 bridgehead atoms. The van der Waals surface area contributed by atoms with E-state index < -0.39 is 0 Å². The van der Waals surface area contributed by atoms with Crippen molar-refractivity contribution >= 4 is 11.6 Å². The Labute approximate surface area is 125 Å². The molecule has 2 nitrogen and oxygen atoms in total. The Morgan fingerprint density at radius 2 is 1.85 bits per heavy atom. The summed E-state index contributed by atoms with van der Waals surface area (Å²) in [5.74, 6) is 1.56. The maximum atomic E-state index is 6.18. The van der Waals surface area contributed by atoms with Gasteiger partial charge in [0.2, 0.25) is 0 Å². The van der Waals surface area contributed by atoms with Crippen LogP contribution in [-0.2, 0) is 6.54 Å². The molecule has 20 heavy (non-hydrogen) atoms. The maximum absolute atomic E-state index is 6.18. The SMILES string of the molecule is CCNCc1ccc(C)c(Oc2cc(C)ccc2Cl)c1. The lowest BCUT2D eigenvalue weighted by molar-refractivity contribution is 0.477. The number of ether oxygens (including phenoxy) is 1. The standard InChI is InChI=1S/C17H20ClNO/c1-4-19-11-14-7-6-13(3)16(10-14)20-17-9-12(2)5-8-15(17)18/h5-10,19H,4,11H2,1-3H3. The number of benzene rings is 2. The predicted octanol–water partition coefficient (Wildman–Crippen LogP) is 4.86. The molecule has 2 aromatic rings. The molecule has 0 radical (unpaired) electrons. The van der Waals surface area contributed by atoms with Gasteiger partial charge in [-0.1, -0.05) is 36.7 Å². The summed E-state index contributed by atoms with van der Waals surface area (Å²) in [6.45, 7) is 7.95. The Morgan fingerprint density at radius 1 is 1.05 bits per heavy atom. The van der Waals surface area contributed by atoms with Crippen LogP contribution in [0.3, 0.4) is 0 Å². The maximum Gasteiger partial charge on any atom is 0.146 e. The van der Waals surface area contributed by atoms with E-state index in [0.717, 1.165) is 30.0 Å². The highest BCUT2D eigenvalue weighted by atomic mass is 35.5. The average molecular weight is 290 g/mol. The van der Waals surface area contributed by atoms with Crippen LogP contribution in [0.4, 0.5) is 0 Å². The Kier molecular flexibility index (Phi) is 5.05. The van der Waals surface area contributed by atoms with Crippen molar-refractivity contribution in [3.05, 3.63) is 58.1 Å². The third kappa shape index (κ3) is 3.75. The lowest BCUT2D eigenvalue weighted by Gasteiger charge is -2.12. The quantitative estimate of drug-likeness (QED) is 0.849. The van der Waals surface area contributed by atoms with Crippen LogP contribution in [0.1, 0.15) is 23.6 Å². The summed E-state index contributed by atoms with van der Waals surface area (Å²) in [6, 6.07) is 12.1. The van der Waals surface area contributed by atoms with Gasteiger partial charge in [-0.05, 0) is 55.3 Å². The molecule has 0 atom stereocenters. The van der Waals surface area contributed by atoms with Gasteiger partial charge in [0.25, 0.3) is 0 Å². The molecule has 0 aromatic heterocycles. The molecule has 0 aliphatic heterocycles. The topological polar surface area (TPSA) is 21.3 Å². The van der Waals surface area contributed by atoms with Gasteiger partial charge in [-0.3, -0.25) is 0 Å². The first-order valence-corrected chi connectivity index (χ1v) is 7.22. The van der Waals surface area contributed by atoms with Crippen molar-refractivity contribution in [3.63, 3.8) is 0 Å². The normalized spacial score (nSPS) is 10.6. The fraction of sp³-hybridized carbons (Fsp3) is 0.294. The van der Waals surface area contributed by atoms with Gasteiger partial charge in [-0.15, -0.1) is 0 Å². The van der Waals surface area contributed by atoms with Crippen molar-refractivity contribution in [2.75, 3.05) is 6.54 Å². The first-order chi connectivity index (χ1) is 9.60. The van der Waals surface area contributed by atoms with Gasteiger partial charge in [0, 0.05) is 6.54 Å². The number of rotatable bonds is 5. The number of hydrogen-bond acceptors (Lipinski definition) is 2. The van der Waals surface area contributed by atoms with E-state index in [4.69, 9.17) is 16.3 Å². The van der Waals surface area contributed by atoms with Gasteiger partial charge in [0.05, 0.1) is 5.02 Å². The number of nitrogens with one attached hydrogen (secondary N) is 1. The van der Waals surface area contributed by atoms with Crippen molar-refractivity contribution < 1.29 is 4.74 Å². The van der Waals surface area contributed by atoms with E-state index >= 15 is 0 Å². The van der Waals surface area contributed by atoms with Gasteiger partial charge < -0.3 is 10.1 Å². The Balaban J connectivity index is 2.25. The summed E-state index contributed by atoms with van der Waals surface area (Å²) in [6.07, 6.45) is 0. The molecule has 0 aliphatic carbocycles. The molecule has 106 valence electrons. The molecule has 0 heterocycles. The molecule has 1 N–H and O–H groups in total. The van der Waals surface area contributed by atoms with Gasteiger partial charge in [0.1, 0.15) is 11.5 Å². The number of hydrogen-bond donors (Lipinski definition) is 1. The van der Waals surface area contributed by atoms with Gasteiger partial charge >= 0.3 is 0 Å². The first-order valence-electron chi connectivity index (χ1n) is 6.84. The van der Waals surface area contributed by atoms with Crippen LogP contribution in [0, 0.1) is 13.8 Å². The fourth-order valence-corrected chi connectivity index (χ4v) is 2.10. The summed E-state index contributed by atoms with van der Waals surface area (Å²) < 4.78 is 5.98. The fourth-order valence-electron chi connectivity index (χ4n) is 1.94. The minimum atomic E-state index is 0.632. The highest BCUT2D eigenvalue weighted by molar-refractivity contribution is 6.32. The van der Waals surface area contributed by atoms with Crippen molar-refractivity contribution in [3.8, 4) is 11.5 Å². The van der Waals surface area contributed by atoms with Crippen LogP contribution in [0.2, 0.25) is 5.02 Å². The molecule has 0 unspecified atom stereocenters. The minimum absolute atomic E-state index is 0.632. The second kappa shape index (κ2) is 6.78. The predicted molar refractivity (Wildman–Crippen MR) is 84.8 cm³/mol. The van der Waals surface area contributed by atoms with Crippen molar-refractivity contribution in [2.45, 2.75) is 27.3 Å². The molecule has 0 aliphatic rings. The molecule has 0 spiro atoms. The molecule has 2 aromatic carbocycles. The minimum Gasteiger partial charge on any atom is -0.456 e. The van der Waals surface area contributed by atoms with Gasteiger partial charge in [-0.25, -0.2) is 0 Å². The number of halogens is 1. The van der Waals surface area contributed by atoms with E-state index in [1.807, 2.05) is 32.0 Å². The number of aryl methyl sites for hydroxylation is 2. The molecule has 0 fully saturated rings. The summed E-state index contributed by atoms with van der Waals surface area (Å²) in [5, 5.41) is 3.95. The molecule has 0 saturated carbocycles. The molecule has 0 amide bonds. The lowest BCUT2D eigenvalue weighted by atomic mass is 10.1. The van der Waals surface area contributed by atoms with E-state index in [-0.39, 0.29) is 0 Å². The molecular weight excluding hydrogens is 270 g/mol. The third-order valence-electron chi connectivity index (χ3n) is 3.14. The first kappa shape index (κ1) is 14.9. The Morgan fingerprint density at radius 3 is 2.60 bits per heavy atom. The van der Waals surface area contributed by atoms with Crippen molar-refractivity contribution in [2.24, 2.45) is 0 Å². The largest absolute Gasteiger partial charge is 0.456 e. The van der Waals surface area contributed by atoms with Crippen molar-refractivity contribution in [1.82, 2.24) is 5.32 Å². The van der Waals surface area contributed by atoms with Crippen LogP contribution < -0.4 is 10.1 Å². The lowest BCUT2D eigenvalue weighted by Crippen LogP contribution is -2.11. The van der Waals surface area contributed by atoms with E-state index in [1.54, 1.807) is 0 Å². The van der Waals surface area contributed by atoms with Crippen molar-refractivity contribution in [1.29, 1.82) is 0 Å². The zero-order chi connectivity index (χ0) is 14.5. The smallest absolute Gasteiger partial charge is 0.146 e. The van der Waals surface area contributed by atoms with E-state index in [9.17, 15) is 0 Å². The summed E-state index contributed by atoms with van der Waals surface area (Å²) in [7, 11) is 0. The van der Waals surface area contributed by atoms with E-state index in [0.29, 0.717) is 10.8 Å². The highest BCUT2D eigenvalue weighted by Crippen LogP contribution is 2.32. The van der Waals surface area contributed by atoms with Crippen LogP contribution in [0.15, 0.2) is 36.4 Å². The second-order valence-electron chi connectivity index (χ2n) is 4.92. The van der Waals surface area contributed by atoms with E-state index in [2.05, 4.69) is 30.4 Å². The molecule has 0 saturated heterocycles. The van der Waals surface area contributed by atoms with Gasteiger partial charge in [0.15, 0.2) is 0 Å². The summed E-state index contributed by atoms with van der Waals surface area (Å²) in [5.41, 5.74) is 3.44. The van der Waals surface area contributed by atoms with Crippen LogP contribution in [-0.4, -0.2) is 6.54 Å². The summed E-state index contributed by atoms with van der Waals surface area (Å²) >= 11 is 6.18. The second-order valence-corrected chi connectivity index (χ2v) is 5.32. The summed E-state index contributed by atoms with van der Waals surface area (Å²) in [4.78, 5) is 0. The van der Waals surface area contributed by atoms with Gasteiger partial charge in [-0.2, -0.15) is 0 Å².